The molecule has 0 spiro atoms. The third-order valence-electron chi connectivity index (χ3n) is 3.52. The zero-order valence-electron chi connectivity index (χ0n) is 13.9. The quantitative estimate of drug-likeness (QED) is 0.741. The van der Waals surface area contributed by atoms with E-state index in [4.69, 9.17) is 14.2 Å². The minimum Gasteiger partial charge on any atom is -0.486 e. The van der Waals surface area contributed by atoms with Crippen molar-refractivity contribution in [3.05, 3.63) is 36.3 Å². The summed E-state index contributed by atoms with van der Waals surface area (Å²) in [5.41, 5.74) is 0.843. The number of carbonyl (C=O) groups is 1. The molecule has 0 aliphatic carbocycles. The first-order chi connectivity index (χ1) is 12.3. The average Bonchev–Trinajstić information content (AvgIpc) is 2.65. The third kappa shape index (κ3) is 4.57. The number of hydrogen-bond donors (Lipinski definition) is 2. The molecular formula is C17H20N4O4. The molecular weight excluding hydrogens is 324 g/mol. The van der Waals surface area contributed by atoms with Crippen LogP contribution in [0, 0.1) is 0 Å². The van der Waals surface area contributed by atoms with E-state index in [-0.39, 0.29) is 11.6 Å². The van der Waals surface area contributed by atoms with Gasteiger partial charge in [-0.05, 0) is 18.6 Å². The number of methoxy groups -OCH3 is 1. The lowest BCUT2D eigenvalue weighted by Gasteiger charge is -2.18. The number of amides is 1. The lowest BCUT2D eigenvalue weighted by Crippen LogP contribution is -2.17. The molecule has 25 heavy (non-hydrogen) atoms. The van der Waals surface area contributed by atoms with Crippen molar-refractivity contribution in [3.8, 4) is 11.5 Å². The zero-order valence-corrected chi connectivity index (χ0v) is 13.9. The molecule has 8 heteroatoms. The van der Waals surface area contributed by atoms with Gasteiger partial charge in [0.1, 0.15) is 24.7 Å². The molecule has 0 atom stereocenters. The first kappa shape index (κ1) is 17.0. The third-order valence-corrected chi connectivity index (χ3v) is 3.52. The summed E-state index contributed by atoms with van der Waals surface area (Å²) in [7, 11) is 1.66. The standard InChI is InChI=1S/C17H20N4O4/c1-23-6-2-5-18-16-11-19-13(10-20-16)17(22)21-12-3-4-14-15(9-12)25-8-7-24-14/h3-4,9-11H,2,5-8H2,1H3,(H,18,20)(H,21,22). The van der Waals surface area contributed by atoms with Crippen LogP contribution in [0.1, 0.15) is 16.9 Å². The van der Waals surface area contributed by atoms with Crippen molar-refractivity contribution in [2.45, 2.75) is 6.42 Å². The molecule has 2 N–H and O–H groups in total. The highest BCUT2D eigenvalue weighted by Crippen LogP contribution is 2.32. The molecule has 1 aromatic carbocycles. The number of nitrogens with zero attached hydrogens (tertiary/aromatic N) is 2. The van der Waals surface area contributed by atoms with Gasteiger partial charge < -0.3 is 24.8 Å². The molecule has 1 aliphatic heterocycles. The Morgan fingerprint density at radius 3 is 2.80 bits per heavy atom. The Labute approximate surface area is 145 Å². The van der Waals surface area contributed by atoms with E-state index in [2.05, 4.69) is 20.6 Å². The maximum Gasteiger partial charge on any atom is 0.275 e. The van der Waals surface area contributed by atoms with Crippen molar-refractivity contribution in [1.82, 2.24) is 9.97 Å². The number of nitrogens with one attached hydrogen (secondary N) is 2. The number of rotatable bonds is 7. The van der Waals surface area contributed by atoms with Gasteiger partial charge in [0.15, 0.2) is 11.5 Å². The van der Waals surface area contributed by atoms with Gasteiger partial charge >= 0.3 is 0 Å². The molecule has 0 saturated carbocycles. The van der Waals surface area contributed by atoms with Crippen LogP contribution in [-0.4, -0.2) is 49.4 Å². The van der Waals surface area contributed by atoms with Crippen LogP contribution in [0.5, 0.6) is 11.5 Å². The van der Waals surface area contributed by atoms with E-state index in [1.165, 1.54) is 12.4 Å². The Morgan fingerprint density at radius 1 is 1.20 bits per heavy atom. The van der Waals surface area contributed by atoms with Crippen molar-refractivity contribution in [2.24, 2.45) is 0 Å². The molecule has 1 amide bonds. The summed E-state index contributed by atoms with van der Waals surface area (Å²) >= 11 is 0. The van der Waals surface area contributed by atoms with Gasteiger partial charge in [0.2, 0.25) is 0 Å². The number of benzene rings is 1. The Morgan fingerprint density at radius 2 is 2.04 bits per heavy atom. The van der Waals surface area contributed by atoms with Crippen LogP contribution in [0.25, 0.3) is 0 Å². The Balaban J connectivity index is 1.57. The van der Waals surface area contributed by atoms with E-state index < -0.39 is 0 Å². The van der Waals surface area contributed by atoms with Crippen LogP contribution in [0.2, 0.25) is 0 Å². The van der Waals surface area contributed by atoms with Crippen LogP contribution >= 0.6 is 0 Å². The molecule has 1 aliphatic rings. The van der Waals surface area contributed by atoms with Crippen molar-refractivity contribution in [1.29, 1.82) is 0 Å². The molecule has 2 heterocycles. The van der Waals surface area contributed by atoms with Gasteiger partial charge in [-0.3, -0.25) is 4.79 Å². The normalized spacial score (nSPS) is 12.5. The average molecular weight is 344 g/mol. The fourth-order valence-electron chi connectivity index (χ4n) is 2.29. The van der Waals surface area contributed by atoms with Crippen LogP contribution in [-0.2, 0) is 4.74 Å². The molecule has 3 rings (SSSR count). The summed E-state index contributed by atoms with van der Waals surface area (Å²) < 4.78 is 15.9. The predicted molar refractivity (Wildman–Crippen MR) is 92.4 cm³/mol. The molecule has 8 nitrogen and oxygen atoms in total. The maximum atomic E-state index is 12.3. The largest absolute Gasteiger partial charge is 0.486 e. The number of fused-ring (bicyclic) bond motifs is 1. The lowest BCUT2D eigenvalue weighted by molar-refractivity contribution is 0.102. The van der Waals surface area contributed by atoms with Gasteiger partial charge in [-0.1, -0.05) is 0 Å². The van der Waals surface area contributed by atoms with E-state index in [0.29, 0.717) is 42.8 Å². The molecule has 0 radical (unpaired) electrons. The number of hydrogen-bond acceptors (Lipinski definition) is 7. The summed E-state index contributed by atoms with van der Waals surface area (Å²) in [5, 5.41) is 5.89. The van der Waals surface area contributed by atoms with Crippen molar-refractivity contribution >= 4 is 17.4 Å². The van der Waals surface area contributed by atoms with Crippen LogP contribution in [0.4, 0.5) is 11.5 Å². The smallest absolute Gasteiger partial charge is 0.275 e. The van der Waals surface area contributed by atoms with Crippen molar-refractivity contribution in [2.75, 3.05) is 44.1 Å². The summed E-state index contributed by atoms with van der Waals surface area (Å²) in [6, 6.07) is 5.25. The molecule has 0 bridgehead atoms. The zero-order chi connectivity index (χ0) is 17.5. The van der Waals surface area contributed by atoms with E-state index in [1.807, 2.05) is 0 Å². The number of aromatic nitrogens is 2. The minimum absolute atomic E-state index is 0.234. The Kier molecular flexibility index (Phi) is 5.63. The number of anilines is 2. The second-order valence-corrected chi connectivity index (χ2v) is 5.37. The molecule has 0 fully saturated rings. The summed E-state index contributed by atoms with van der Waals surface area (Å²) in [4.78, 5) is 20.6. The summed E-state index contributed by atoms with van der Waals surface area (Å²) in [6.45, 7) is 2.43. The summed E-state index contributed by atoms with van der Waals surface area (Å²) in [6.07, 6.45) is 3.84. The highest BCUT2D eigenvalue weighted by atomic mass is 16.6. The van der Waals surface area contributed by atoms with Crippen molar-refractivity contribution < 1.29 is 19.0 Å². The van der Waals surface area contributed by atoms with E-state index in [1.54, 1.807) is 25.3 Å². The maximum absolute atomic E-state index is 12.3. The van der Waals surface area contributed by atoms with Crippen LogP contribution in [0.3, 0.4) is 0 Å². The van der Waals surface area contributed by atoms with Crippen molar-refractivity contribution in [3.63, 3.8) is 0 Å². The minimum atomic E-state index is -0.338. The second kappa shape index (κ2) is 8.29. The predicted octanol–water partition coefficient (Wildman–Crippen LogP) is 1.95. The lowest BCUT2D eigenvalue weighted by atomic mass is 10.2. The highest BCUT2D eigenvalue weighted by Gasteiger charge is 2.14. The van der Waals surface area contributed by atoms with E-state index in [0.717, 1.165) is 13.0 Å². The second-order valence-electron chi connectivity index (χ2n) is 5.37. The van der Waals surface area contributed by atoms with E-state index >= 15 is 0 Å². The van der Waals surface area contributed by atoms with Gasteiger partial charge in [-0.25, -0.2) is 9.97 Å². The molecule has 2 aromatic rings. The van der Waals surface area contributed by atoms with Gasteiger partial charge in [0.05, 0.1) is 12.4 Å². The summed E-state index contributed by atoms with van der Waals surface area (Å²) in [5.74, 6) is 1.57. The molecule has 0 unspecified atom stereocenters. The van der Waals surface area contributed by atoms with Gasteiger partial charge in [-0.15, -0.1) is 0 Å². The Bertz CT molecular complexity index is 721. The number of carbonyl (C=O) groups excluding carboxylic acids is 1. The highest BCUT2D eigenvalue weighted by molar-refractivity contribution is 6.02. The van der Waals surface area contributed by atoms with Crippen LogP contribution < -0.4 is 20.1 Å². The Hall–Kier alpha value is -2.87. The fourth-order valence-corrected chi connectivity index (χ4v) is 2.29. The molecule has 132 valence electrons. The molecule has 1 aromatic heterocycles. The van der Waals surface area contributed by atoms with E-state index in [9.17, 15) is 4.79 Å². The van der Waals surface area contributed by atoms with Gasteiger partial charge in [-0.2, -0.15) is 0 Å². The first-order valence-corrected chi connectivity index (χ1v) is 8.02. The van der Waals surface area contributed by atoms with Gasteiger partial charge in [0.25, 0.3) is 5.91 Å². The van der Waals surface area contributed by atoms with Crippen LogP contribution in [0.15, 0.2) is 30.6 Å². The molecule has 0 saturated heterocycles. The number of ether oxygens (including phenoxy) is 3. The SMILES string of the molecule is COCCCNc1cnc(C(=O)Nc2ccc3c(c2)OCCO3)cn1. The topological polar surface area (TPSA) is 94.6 Å². The first-order valence-electron chi connectivity index (χ1n) is 8.02. The van der Waals surface area contributed by atoms with Gasteiger partial charge in [0, 0.05) is 32.0 Å². The fraction of sp³-hybridized carbons (Fsp3) is 0.353. The monoisotopic (exact) mass is 344 g/mol.